The molecule has 0 rings (SSSR count). The van der Waals surface area contributed by atoms with Gasteiger partial charge in [0.2, 0.25) is 0 Å². The Morgan fingerprint density at radius 2 is 2.36 bits per heavy atom. The first-order chi connectivity index (χ1) is 5.13. The number of carbonyl (C=O) groups is 1. The number of ether oxygens (including phenoxy) is 1. The van der Waals surface area contributed by atoms with Gasteiger partial charge in [0.15, 0.2) is 0 Å². The van der Waals surface area contributed by atoms with Gasteiger partial charge in [-0.2, -0.15) is 0 Å². The Labute approximate surface area is 63.9 Å². The molecule has 0 aliphatic carbocycles. The quantitative estimate of drug-likeness (QED) is 0.198. The lowest BCUT2D eigenvalue weighted by atomic mass is 10.4. The van der Waals surface area contributed by atoms with E-state index in [1.165, 1.54) is 6.92 Å². The average molecular weight is 151 g/mol. The lowest BCUT2D eigenvalue weighted by molar-refractivity contribution is -0.132. The zero-order valence-electron chi connectivity index (χ0n) is 5.79. The predicted molar refractivity (Wildman–Crippen MR) is 36.9 cm³/mol. The normalized spacial score (nSPS) is 10.5. The first-order valence-electron chi connectivity index (χ1n) is 2.57. The van der Waals surface area contributed by atoms with E-state index in [-0.39, 0.29) is 0 Å². The fraction of sp³-hybridized carbons (Fsp3) is 0.143. The molecule has 1 N–H and O–H groups in total. The van der Waals surface area contributed by atoms with Gasteiger partial charge in [0, 0.05) is 0 Å². The molecule has 0 aromatic heterocycles. The highest BCUT2D eigenvalue weighted by atomic mass is 16.5. The molecule has 11 heavy (non-hydrogen) atoms. The van der Waals surface area contributed by atoms with Gasteiger partial charge in [0.05, 0.1) is 6.57 Å². The molecule has 4 heteroatoms. The number of aliphatic hydroxyl groups excluding tert-OH is 1. The highest BCUT2D eigenvalue weighted by molar-refractivity contribution is 5.91. The van der Waals surface area contributed by atoms with Crippen LogP contribution in [0.15, 0.2) is 11.5 Å². The summed E-state index contributed by atoms with van der Waals surface area (Å²) in [5.74, 6) is -1.41. The summed E-state index contributed by atoms with van der Waals surface area (Å²) in [7, 11) is 0. The Bertz CT molecular complexity index is 273. The molecule has 0 fully saturated rings. The van der Waals surface area contributed by atoms with Crippen LogP contribution in [0.3, 0.4) is 0 Å². The van der Waals surface area contributed by atoms with Crippen LogP contribution in [-0.4, -0.2) is 11.1 Å². The Morgan fingerprint density at radius 3 is 2.64 bits per heavy atom. The van der Waals surface area contributed by atoms with Crippen LogP contribution >= 0.6 is 0 Å². The number of hydrogen-bond acceptors (Lipinski definition) is 3. The molecule has 0 spiro atoms. The van der Waals surface area contributed by atoms with Crippen molar-refractivity contribution >= 4 is 5.97 Å². The number of allylic oxidation sites excluding steroid dienone is 1. The third-order valence-electron chi connectivity index (χ3n) is 0.799. The molecule has 0 unspecified atom stereocenters. The lowest BCUT2D eigenvalue weighted by Gasteiger charge is -1.94. The Hall–Kier alpha value is -1.94. The molecule has 0 heterocycles. The van der Waals surface area contributed by atoms with Crippen LogP contribution in [0, 0.1) is 19.1 Å². The third-order valence-corrected chi connectivity index (χ3v) is 0.799. The van der Waals surface area contributed by atoms with Crippen molar-refractivity contribution in [3.8, 4) is 12.5 Å². The summed E-state index contributed by atoms with van der Waals surface area (Å²) in [5, 5.41) is 8.71. The van der Waals surface area contributed by atoms with Crippen molar-refractivity contribution in [3.63, 3.8) is 0 Å². The minimum Gasteiger partial charge on any atom is -0.523 e. The summed E-state index contributed by atoms with van der Waals surface area (Å²) in [6, 6.07) is 0. The molecule has 0 radical (unpaired) electrons. The van der Waals surface area contributed by atoms with E-state index in [9.17, 15) is 4.79 Å². The summed E-state index contributed by atoms with van der Waals surface area (Å²) in [4.78, 5) is 13.3. The molecule has 4 nitrogen and oxygen atoms in total. The van der Waals surface area contributed by atoms with Crippen LogP contribution < -0.4 is 0 Å². The predicted octanol–water partition coefficient (Wildman–Crippen LogP) is 0.829. The molecular weight excluding hydrogens is 146 g/mol. The summed E-state index contributed by atoms with van der Waals surface area (Å²) < 4.78 is 4.01. The number of nitrogens with zero attached hydrogens (tertiary/aromatic N) is 1. The highest BCUT2D eigenvalue weighted by Crippen LogP contribution is 2.04. The molecular formula is C7H5NO3. The van der Waals surface area contributed by atoms with Crippen LogP contribution in [0.25, 0.3) is 4.85 Å². The van der Waals surface area contributed by atoms with Crippen molar-refractivity contribution in [3.05, 3.63) is 22.9 Å². The SMILES string of the molecule is [C-]#[N+]/C(C(=O)OC#C)=C(\C)O. The standard InChI is InChI=1S/C7H5NO3/c1-4-11-7(10)6(8-3)5(2)9/h1,9H,2H3/b6-5+. The monoisotopic (exact) mass is 151 g/mol. The maximum absolute atomic E-state index is 10.6. The van der Waals surface area contributed by atoms with Crippen LogP contribution in [0.5, 0.6) is 0 Å². The van der Waals surface area contributed by atoms with Crippen molar-refractivity contribution in [2.45, 2.75) is 6.92 Å². The minimum atomic E-state index is -1.01. The first kappa shape index (κ1) is 9.06. The molecule has 0 aliphatic rings. The molecule has 56 valence electrons. The van der Waals surface area contributed by atoms with E-state index >= 15 is 0 Å². The van der Waals surface area contributed by atoms with Crippen LogP contribution in [0.4, 0.5) is 0 Å². The second-order valence-electron chi connectivity index (χ2n) is 1.55. The van der Waals surface area contributed by atoms with Gasteiger partial charge >= 0.3 is 11.7 Å². The maximum atomic E-state index is 10.6. The second-order valence-corrected chi connectivity index (χ2v) is 1.55. The van der Waals surface area contributed by atoms with Gasteiger partial charge < -0.3 is 9.84 Å². The minimum absolute atomic E-state index is 0.403. The van der Waals surface area contributed by atoms with E-state index in [4.69, 9.17) is 11.7 Å². The Balaban J connectivity index is 4.62. The number of esters is 1. The van der Waals surface area contributed by atoms with Gasteiger partial charge in [0.25, 0.3) is 0 Å². The highest BCUT2D eigenvalue weighted by Gasteiger charge is 2.13. The van der Waals surface area contributed by atoms with Gasteiger partial charge in [-0.15, -0.1) is 0 Å². The van der Waals surface area contributed by atoms with Gasteiger partial charge in [-0.3, -0.25) is 4.79 Å². The van der Waals surface area contributed by atoms with Crippen molar-refractivity contribution in [1.29, 1.82) is 0 Å². The summed E-state index contributed by atoms with van der Waals surface area (Å²) in [5.41, 5.74) is -0.497. The number of aliphatic hydroxyl groups is 1. The molecule has 0 amide bonds. The van der Waals surface area contributed by atoms with Crippen molar-refractivity contribution in [1.82, 2.24) is 0 Å². The fourth-order valence-corrected chi connectivity index (χ4v) is 0.376. The summed E-state index contributed by atoms with van der Waals surface area (Å²) in [6.45, 7) is 7.64. The first-order valence-corrected chi connectivity index (χ1v) is 2.57. The third kappa shape index (κ3) is 2.42. The van der Waals surface area contributed by atoms with Gasteiger partial charge in [-0.1, -0.05) is 6.42 Å². The topological polar surface area (TPSA) is 50.9 Å². The van der Waals surface area contributed by atoms with Crippen LogP contribution in [0.1, 0.15) is 6.92 Å². The average Bonchev–Trinajstić information content (AvgIpc) is 1.88. The number of rotatable bonds is 1. The van der Waals surface area contributed by atoms with Crippen molar-refractivity contribution in [2.24, 2.45) is 0 Å². The van der Waals surface area contributed by atoms with Crippen molar-refractivity contribution in [2.75, 3.05) is 0 Å². The van der Waals surface area contributed by atoms with Gasteiger partial charge in [-0.05, 0) is 6.92 Å². The van der Waals surface area contributed by atoms with Gasteiger partial charge in [-0.25, -0.2) is 4.85 Å². The maximum Gasteiger partial charge on any atom is 0.354 e. The van der Waals surface area contributed by atoms with E-state index in [2.05, 4.69) is 16.0 Å². The number of carbonyl (C=O) groups excluding carboxylic acids is 1. The number of terminal acetylenes is 1. The van der Waals surface area contributed by atoms with E-state index in [0.29, 0.717) is 0 Å². The fourth-order valence-electron chi connectivity index (χ4n) is 0.376. The summed E-state index contributed by atoms with van der Waals surface area (Å²) >= 11 is 0. The van der Waals surface area contributed by atoms with Crippen molar-refractivity contribution < 1.29 is 14.6 Å². The lowest BCUT2D eigenvalue weighted by Crippen LogP contribution is -2.03. The number of hydrogen-bond donors (Lipinski definition) is 1. The molecule has 0 saturated carbocycles. The van der Waals surface area contributed by atoms with E-state index in [1.807, 2.05) is 0 Å². The zero-order chi connectivity index (χ0) is 8.85. The molecule has 0 saturated heterocycles. The smallest absolute Gasteiger partial charge is 0.354 e. The zero-order valence-corrected chi connectivity index (χ0v) is 5.79. The van der Waals surface area contributed by atoms with Crippen LogP contribution in [-0.2, 0) is 9.53 Å². The summed E-state index contributed by atoms with van der Waals surface area (Å²) in [6.07, 6.45) is 6.22. The molecule has 0 atom stereocenters. The Morgan fingerprint density at radius 1 is 1.82 bits per heavy atom. The molecule has 0 bridgehead atoms. The largest absolute Gasteiger partial charge is 0.523 e. The molecule has 0 aliphatic heterocycles. The van der Waals surface area contributed by atoms with E-state index in [0.717, 1.165) is 0 Å². The molecule has 0 aromatic rings. The van der Waals surface area contributed by atoms with Crippen LogP contribution in [0.2, 0.25) is 0 Å². The van der Waals surface area contributed by atoms with Gasteiger partial charge in [0.1, 0.15) is 11.9 Å². The van der Waals surface area contributed by atoms with E-state index in [1.54, 1.807) is 6.11 Å². The Kier molecular flexibility index (Phi) is 3.27. The van der Waals surface area contributed by atoms with E-state index < -0.39 is 17.4 Å². The second kappa shape index (κ2) is 3.97. The molecule has 0 aromatic carbocycles.